The number of nitrogens with zero attached hydrogens (tertiary/aromatic N) is 2. The van der Waals surface area contributed by atoms with E-state index in [0.29, 0.717) is 12.3 Å². The van der Waals surface area contributed by atoms with Crippen LogP contribution >= 0.6 is 27.5 Å². The van der Waals surface area contributed by atoms with Crippen LogP contribution in [0, 0.1) is 0 Å². The predicted molar refractivity (Wildman–Crippen MR) is 86.4 cm³/mol. The van der Waals surface area contributed by atoms with E-state index in [0.717, 1.165) is 15.8 Å². The van der Waals surface area contributed by atoms with E-state index in [1.54, 1.807) is 6.21 Å². The molecule has 0 saturated carbocycles. The highest BCUT2D eigenvalue weighted by atomic mass is 79.9. The van der Waals surface area contributed by atoms with E-state index in [1.807, 2.05) is 25.1 Å². The fourth-order valence-corrected chi connectivity index (χ4v) is 2.15. The number of hydrogen-bond donors (Lipinski definition) is 2. The molecule has 2 aromatic rings. The molecule has 2 rings (SSSR count). The van der Waals surface area contributed by atoms with Crippen molar-refractivity contribution in [3.63, 3.8) is 0 Å². The van der Waals surface area contributed by atoms with Crippen LogP contribution in [0.3, 0.4) is 0 Å². The maximum absolute atomic E-state index is 11.3. The molecule has 8 heteroatoms. The topological polar surface area (TPSA) is 79.4 Å². The number of H-pyrrole nitrogens is 1. The molecule has 2 N–H and O–H groups in total. The van der Waals surface area contributed by atoms with Crippen LogP contribution in [0.1, 0.15) is 12.5 Å². The number of aromatic amines is 1. The lowest BCUT2D eigenvalue weighted by Gasteiger charge is -2.06. The van der Waals surface area contributed by atoms with Gasteiger partial charge in [0.15, 0.2) is 0 Å². The van der Waals surface area contributed by atoms with Crippen molar-refractivity contribution < 1.29 is 4.74 Å². The smallest absolute Gasteiger partial charge is 0.285 e. The summed E-state index contributed by atoms with van der Waals surface area (Å²) in [7, 11) is 0. The standard InChI is InChI=1S/C13H12BrClN4O2/c1-2-21-11-4-3-8(5-9(11)14)6-16-18-10-7-17-19-13(20)12(10)15/h3-7H,2H2,1H3,(H2,18,19,20)/b16-6-. The summed E-state index contributed by atoms with van der Waals surface area (Å²) < 4.78 is 6.26. The Hall–Kier alpha value is -1.86. The summed E-state index contributed by atoms with van der Waals surface area (Å²) in [5, 5.41) is 9.88. The van der Waals surface area contributed by atoms with E-state index < -0.39 is 5.56 Å². The van der Waals surface area contributed by atoms with Crippen LogP contribution in [0.4, 0.5) is 5.69 Å². The summed E-state index contributed by atoms with van der Waals surface area (Å²) in [4.78, 5) is 11.3. The summed E-state index contributed by atoms with van der Waals surface area (Å²) in [6.45, 7) is 2.52. The third-order valence-electron chi connectivity index (χ3n) is 2.45. The number of nitrogens with one attached hydrogen (secondary N) is 2. The van der Waals surface area contributed by atoms with E-state index in [9.17, 15) is 4.79 Å². The van der Waals surface area contributed by atoms with E-state index in [-0.39, 0.29) is 5.02 Å². The van der Waals surface area contributed by atoms with Gasteiger partial charge < -0.3 is 4.74 Å². The number of benzene rings is 1. The quantitative estimate of drug-likeness (QED) is 0.625. The summed E-state index contributed by atoms with van der Waals surface area (Å²) in [5.41, 5.74) is 3.39. The minimum absolute atomic E-state index is 0.00928. The molecule has 0 unspecified atom stereocenters. The zero-order valence-corrected chi connectivity index (χ0v) is 13.4. The minimum Gasteiger partial charge on any atom is -0.493 e. The number of hydrogen-bond acceptors (Lipinski definition) is 5. The molecule has 0 aliphatic heterocycles. The Morgan fingerprint density at radius 1 is 1.57 bits per heavy atom. The molecule has 0 bridgehead atoms. The summed E-state index contributed by atoms with van der Waals surface area (Å²) in [6, 6.07) is 5.57. The van der Waals surface area contributed by atoms with Crippen molar-refractivity contribution in [2.75, 3.05) is 12.0 Å². The van der Waals surface area contributed by atoms with Crippen molar-refractivity contribution in [2.24, 2.45) is 5.10 Å². The number of aromatic nitrogens is 2. The Kier molecular flexibility index (Phi) is 5.35. The molecular formula is C13H12BrClN4O2. The molecule has 0 spiro atoms. The van der Waals surface area contributed by atoms with Gasteiger partial charge in [-0.05, 0) is 46.6 Å². The molecule has 21 heavy (non-hydrogen) atoms. The van der Waals surface area contributed by atoms with Gasteiger partial charge in [-0.3, -0.25) is 10.2 Å². The second-order valence-electron chi connectivity index (χ2n) is 3.92. The van der Waals surface area contributed by atoms with E-state index in [1.165, 1.54) is 6.20 Å². The first-order valence-electron chi connectivity index (χ1n) is 6.06. The van der Waals surface area contributed by atoms with Crippen molar-refractivity contribution in [1.82, 2.24) is 10.2 Å². The van der Waals surface area contributed by atoms with Crippen LogP contribution in [0.25, 0.3) is 0 Å². The third kappa shape index (κ3) is 4.05. The Morgan fingerprint density at radius 3 is 3.10 bits per heavy atom. The van der Waals surface area contributed by atoms with Gasteiger partial charge in [0.2, 0.25) is 0 Å². The zero-order valence-electron chi connectivity index (χ0n) is 11.1. The van der Waals surface area contributed by atoms with E-state index in [4.69, 9.17) is 16.3 Å². The second-order valence-corrected chi connectivity index (χ2v) is 5.15. The molecule has 0 fully saturated rings. The highest BCUT2D eigenvalue weighted by Gasteiger charge is 2.03. The first kappa shape index (κ1) is 15.5. The fraction of sp³-hybridized carbons (Fsp3) is 0.154. The molecule has 0 amide bonds. The van der Waals surface area contributed by atoms with Gasteiger partial charge in [0.05, 0.1) is 23.5 Å². The molecule has 110 valence electrons. The third-order valence-corrected chi connectivity index (χ3v) is 3.44. The van der Waals surface area contributed by atoms with Gasteiger partial charge in [-0.25, -0.2) is 5.10 Å². The van der Waals surface area contributed by atoms with Gasteiger partial charge in [-0.2, -0.15) is 10.2 Å². The Balaban J connectivity index is 2.09. The van der Waals surface area contributed by atoms with E-state index >= 15 is 0 Å². The van der Waals surface area contributed by atoms with Crippen molar-refractivity contribution in [3.8, 4) is 5.75 Å². The van der Waals surface area contributed by atoms with E-state index in [2.05, 4.69) is 36.7 Å². The fourth-order valence-electron chi connectivity index (χ4n) is 1.51. The molecular weight excluding hydrogens is 360 g/mol. The zero-order chi connectivity index (χ0) is 15.2. The van der Waals surface area contributed by atoms with Crippen LogP contribution in [-0.2, 0) is 0 Å². The summed E-state index contributed by atoms with van der Waals surface area (Å²) in [5.74, 6) is 0.768. The number of anilines is 1. The van der Waals surface area contributed by atoms with Crippen molar-refractivity contribution >= 4 is 39.4 Å². The lowest BCUT2D eigenvalue weighted by molar-refractivity contribution is 0.338. The normalized spacial score (nSPS) is 10.8. The largest absolute Gasteiger partial charge is 0.493 e. The minimum atomic E-state index is -0.472. The second kappa shape index (κ2) is 7.24. The molecule has 0 aliphatic carbocycles. The molecule has 0 aliphatic rings. The highest BCUT2D eigenvalue weighted by Crippen LogP contribution is 2.25. The van der Waals surface area contributed by atoms with Crippen molar-refractivity contribution in [1.29, 1.82) is 0 Å². The molecule has 0 radical (unpaired) electrons. The SMILES string of the molecule is CCOc1ccc(/C=N\Nc2cn[nH]c(=O)c2Cl)cc1Br. The van der Waals surface area contributed by atoms with Gasteiger partial charge in [-0.1, -0.05) is 11.6 Å². The molecule has 1 aromatic carbocycles. The van der Waals surface area contributed by atoms with Crippen LogP contribution < -0.4 is 15.7 Å². The highest BCUT2D eigenvalue weighted by molar-refractivity contribution is 9.10. The average Bonchev–Trinajstić information content (AvgIpc) is 2.46. The van der Waals surface area contributed by atoms with Crippen molar-refractivity contribution in [2.45, 2.75) is 6.92 Å². The lowest BCUT2D eigenvalue weighted by atomic mass is 10.2. The maximum atomic E-state index is 11.3. The number of rotatable bonds is 5. The van der Waals surface area contributed by atoms with Gasteiger partial charge in [0, 0.05) is 0 Å². The Morgan fingerprint density at radius 2 is 2.38 bits per heavy atom. The van der Waals surface area contributed by atoms with Crippen LogP contribution in [-0.4, -0.2) is 23.0 Å². The van der Waals surface area contributed by atoms with Crippen LogP contribution in [0.5, 0.6) is 5.75 Å². The Bertz CT molecular complexity index is 718. The average molecular weight is 372 g/mol. The van der Waals surface area contributed by atoms with Gasteiger partial charge in [0.1, 0.15) is 16.5 Å². The monoisotopic (exact) mass is 370 g/mol. The first-order chi connectivity index (χ1) is 10.1. The number of hydrazone groups is 1. The van der Waals surface area contributed by atoms with Gasteiger partial charge in [-0.15, -0.1) is 0 Å². The van der Waals surface area contributed by atoms with Gasteiger partial charge >= 0.3 is 0 Å². The van der Waals surface area contributed by atoms with Crippen LogP contribution in [0.2, 0.25) is 5.02 Å². The lowest BCUT2D eigenvalue weighted by Crippen LogP contribution is -2.10. The number of halogens is 2. The van der Waals surface area contributed by atoms with Crippen molar-refractivity contribution in [3.05, 3.63) is 49.8 Å². The molecule has 6 nitrogen and oxygen atoms in total. The van der Waals surface area contributed by atoms with Crippen LogP contribution in [0.15, 0.2) is 38.8 Å². The Labute approximate surface area is 134 Å². The summed E-state index contributed by atoms with van der Waals surface area (Å²) in [6.07, 6.45) is 2.98. The maximum Gasteiger partial charge on any atom is 0.285 e. The van der Waals surface area contributed by atoms with Gasteiger partial charge in [0.25, 0.3) is 5.56 Å². The first-order valence-corrected chi connectivity index (χ1v) is 7.23. The summed E-state index contributed by atoms with van der Waals surface area (Å²) >= 11 is 9.23. The molecule has 0 atom stereocenters. The molecule has 1 aromatic heterocycles. The number of ether oxygens (including phenoxy) is 1. The molecule has 0 saturated heterocycles. The predicted octanol–water partition coefficient (Wildman–Crippen LogP) is 3.03. The molecule has 1 heterocycles.